The molecule has 3 nitrogen and oxygen atoms in total. The molecular weight excluding hydrogens is 291 g/mol. The van der Waals surface area contributed by atoms with E-state index in [1.54, 1.807) is 11.8 Å². The molecule has 3 unspecified atom stereocenters. The lowest BCUT2D eigenvalue weighted by Crippen LogP contribution is -2.56. The van der Waals surface area contributed by atoms with E-state index in [1.807, 2.05) is 37.3 Å². The number of ether oxygens (including phenoxy) is 3. The van der Waals surface area contributed by atoms with Crippen molar-refractivity contribution in [2.45, 2.75) is 44.0 Å². The molecule has 0 aromatic heterocycles. The van der Waals surface area contributed by atoms with E-state index in [2.05, 4.69) is 6.92 Å². The van der Waals surface area contributed by atoms with Crippen LogP contribution in [0.1, 0.15) is 25.7 Å². The van der Waals surface area contributed by atoms with Crippen molar-refractivity contribution < 1.29 is 18.6 Å². The molecule has 0 amide bonds. The molecule has 6 atom stereocenters. The Morgan fingerprint density at radius 3 is 2.71 bits per heavy atom. The van der Waals surface area contributed by atoms with Gasteiger partial charge in [0.15, 0.2) is 6.29 Å². The van der Waals surface area contributed by atoms with Crippen LogP contribution >= 0.6 is 11.8 Å². The molecule has 0 saturated carbocycles. The first-order valence-electron chi connectivity index (χ1n) is 7.44. The molecule has 0 aliphatic carbocycles. The Morgan fingerprint density at radius 2 is 2.00 bits per heavy atom. The van der Waals surface area contributed by atoms with Crippen LogP contribution in [0, 0.1) is 5.92 Å². The molecule has 0 radical (unpaired) electrons. The number of alkyl halides is 1. The Hall–Kier alpha value is -0.620. The lowest BCUT2D eigenvalue weighted by molar-refractivity contribution is -0.303. The van der Waals surface area contributed by atoms with Gasteiger partial charge in [-0.15, -0.1) is 11.8 Å². The Morgan fingerprint density at radius 1 is 1.24 bits per heavy atom. The van der Waals surface area contributed by atoms with Crippen molar-refractivity contribution in [1.29, 1.82) is 0 Å². The fraction of sp³-hybridized carbons (Fsp3) is 0.625. The van der Waals surface area contributed by atoms with E-state index in [1.165, 1.54) is 0 Å². The molecule has 0 spiro atoms. The van der Waals surface area contributed by atoms with Crippen molar-refractivity contribution in [3.63, 3.8) is 0 Å². The highest BCUT2D eigenvalue weighted by molar-refractivity contribution is 7.99. The maximum Gasteiger partial charge on any atom is 0.184 e. The van der Waals surface area contributed by atoms with E-state index in [0.717, 1.165) is 11.3 Å². The van der Waals surface area contributed by atoms with Crippen LogP contribution in [-0.4, -0.2) is 36.2 Å². The van der Waals surface area contributed by atoms with Crippen molar-refractivity contribution in [2.24, 2.45) is 5.92 Å². The van der Waals surface area contributed by atoms with E-state index in [9.17, 15) is 4.39 Å². The van der Waals surface area contributed by atoms with E-state index in [-0.39, 0.29) is 17.5 Å². The summed E-state index contributed by atoms with van der Waals surface area (Å²) in [4.78, 5) is 0. The molecule has 0 bridgehead atoms. The van der Waals surface area contributed by atoms with Crippen molar-refractivity contribution in [2.75, 3.05) is 12.4 Å². The van der Waals surface area contributed by atoms with Crippen LogP contribution in [0.5, 0.6) is 0 Å². The molecule has 2 fully saturated rings. The van der Waals surface area contributed by atoms with Crippen LogP contribution in [0.3, 0.4) is 0 Å². The molecule has 1 aromatic carbocycles. The maximum absolute atomic E-state index is 14.7. The predicted octanol–water partition coefficient (Wildman–Crippen LogP) is 3.55. The molecule has 116 valence electrons. The summed E-state index contributed by atoms with van der Waals surface area (Å²) in [6.07, 6.45) is -2.40. The van der Waals surface area contributed by atoms with Crippen LogP contribution < -0.4 is 0 Å². The van der Waals surface area contributed by atoms with E-state index >= 15 is 0 Å². The highest BCUT2D eigenvalue weighted by atomic mass is 32.2. The van der Waals surface area contributed by atoms with Gasteiger partial charge < -0.3 is 14.2 Å². The molecule has 2 heterocycles. The first-order chi connectivity index (χ1) is 10.2. The summed E-state index contributed by atoms with van der Waals surface area (Å²) in [6.45, 7) is 4.32. The number of benzene rings is 1. The van der Waals surface area contributed by atoms with Gasteiger partial charge in [-0.1, -0.05) is 44.2 Å². The second-order valence-corrected chi connectivity index (χ2v) is 6.85. The Labute approximate surface area is 129 Å². The van der Waals surface area contributed by atoms with Gasteiger partial charge in [-0.05, 0) is 5.75 Å². The van der Waals surface area contributed by atoms with Gasteiger partial charge in [0, 0.05) is 11.5 Å². The molecule has 5 heteroatoms. The monoisotopic (exact) mass is 312 g/mol. The molecule has 2 aliphatic heterocycles. The van der Waals surface area contributed by atoms with Crippen LogP contribution in [0.25, 0.3) is 0 Å². The Balaban J connectivity index is 1.71. The summed E-state index contributed by atoms with van der Waals surface area (Å²) in [7, 11) is 0. The lowest BCUT2D eigenvalue weighted by atomic mass is 9.94. The average Bonchev–Trinajstić information content (AvgIpc) is 2.53. The van der Waals surface area contributed by atoms with Crippen LogP contribution in [0.4, 0.5) is 4.39 Å². The second kappa shape index (κ2) is 6.65. The van der Waals surface area contributed by atoms with Crippen molar-refractivity contribution in [3.05, 3.63) is 35.9 Å². The molecule has 0 N–H and O–H groups in total. The summed E-state index contributed by atoms with van der Waals surface area (Å²) in [6, 6.07) is 9.65. The largest absolute Gasteiger partial charge is 0.359 e. The lowest BCUT2D eigenvalue weighted by Gasteiger charge is -2.46. The third-order valence-corrected chi connectivity index (χ3v) is 5.22. The first kappa shape index (κ1) is 15.3. The predicted molar refractivity (Wildman–Crippen MR) is 80.9 cm³/mol. The van der Waals surface area contributed by atoms with E-state index in [0.29, 0.717) is 6.61 Å². The smallest absolute Gasteiger partial charge is 0.184 e. The highest BCUT2D eigenvalue weighted by Crippen LogP contribution is 2.40. The molecule has 2 saturated heterocycles. The minimum atomic E-state index is -1.03. The van der Waals surface area contributed by atoms with Crippen molar-refractivity contribution in [1.82, 2.24) is 0 Å². The van der Waals surface area contributed by atoms with Crippen LogP contribution in [-0.2, 0) is 14.2 Å². The molecule has 2 aliphatic rings. The van der Waals surface area contributed by atoms with Gasteiger partial charge in [0.25, 0.3) is 0 Å². The molecule has 21 heavy (non-hydrogen) atoms. The Kier molecular flexibility index (Phi) is 4.84. The minimum Gasteiger partial charge on any atom is -0.359 e. The van der Waals surface area contributed by atoms with E-state index < -0.39 is 18.6 Å². The third-order valence-electron chi connectivity index (χ3n) is 4.02. The third kappa shape index (κ3) is 3.11. The molecule has 1 aromatic rings. The standard InChI is InChI=1S/C16H21FO3S/c1-3-21-16-10(2)13(17)14-12(19-16)9-18-15(20-14)11-7-5-4-6-8-11/h4-8,10,12-16H,3,9H2,1-2H3/t10?,12?,13-,14-,15?,16+/m1/s1. The highest BCUT2D eigenvalue weighted by Gasteiger charge is 2.48. The normalized spacial score (nSPS) is 39.8. The zero-order valence-corrected chi connectivity index (χ0v) is 13.1. The zero-order valence-electron chi connectivity index (χ0n) is 12.3. The fourth-order valence-electron chi connectivity index (χ4n) is 2.83. The minimum absolute atomic E-state index is 0.119. The van der Waals surface area contributed by atoms with Crippen LogP contribution in [0.2, 0.25) is 0 Å². The van der Waals surface area contributed by atoms with Crippen LogP contribution in [0.15, 0.2) is 30.3 Å². The summed E-state index contributed by atoms with van der Waals surface area (Å²) >= 11 is 1.64. The topological polar surface area (TPSA) is 27.7 Å². The van der Waals surface area contributed by atoms with Crippen molar-refractivity contribution in [3.8, 4) is 0 Å². The summed E-state index contributed by atoms with van der Waals surface area (Å²) in [5.74, 6) is 0.735. The van der Waals surface area contributed by atoms with Gasteiger partial charge in [-0.3, -0.25) is 0 Å². The van der Waals surface area contributed by atoms with Gasteiger partial charge in [-0.25, -0.2) is 4.39 Å². The van der Waals surface area contributed by atoms with Gasteiger partial charge in [0.1, 0.15) is 23.8 Å². The molecule has 3 rings (SSSR count). The first-order valence-corrected chi connectivity index (χ1v) is 8.48. The van der Waals surface area contributed by atoms with Crippen molar-refractivity contribution >= 4 is 11.8 Å². The second-order valence-electron chi connectivity index (χ2n) is 5.48. The fourth-order valence-corrected chi connectivity index (χ4v) is 3.83. The maximum atomic E-state index is 14.7. The van der Waals surface area contributed by atoms with E-state index in [4.69, 9.17) is 14.2 Å². The van der Waals surface area contributed by atoms with Gasteiger partial charge in [0.2, 0.25) is 0 Å². The summed E-state index contributed by atoms with van der Waals surface area (Å²) in [5, 5.41) is 0. The molecular formula is C16H21FO3S. The SMILES string of the molecule is CCS[C@@H]1OC2COC(c3ccccc3)O[C@H]2[C@H](F)C1C. The quantitative estimate of drug-likeness (QED) is 0.853. The average molecular weight is 312 g/mol. The number of rotatable bonds is 3. The zero-order chi connectivity index (χ0) is 14.8. The van der Waals surface area contributed by atoms with Gasteiger partial charge >= 0.3 is 0 Å². The number of hydrogen-bond acceptors (Lipinski definition) is 4. The van der Waals surface area contributed by atoms with Gasteiger partial charge in [0.05, 0.1) is 6.61 Å². The summed E-state index contributed by atoms with van der Waals surface area (Å²) in [5.41, 5.74) is 0.799. The number of fused-ring (bicyclic) bond motifs is 1. The summed E-state index contributed by atoms with van der Waals surface area (Å²) < 4.78 is 32.2. The number of halogens is 1. The Bertz CT molecular complexity index is 456. The number of hydrogen-bond donors (Lipinski definition) is 0. The number of thioether (sulfide) groups is 1. The van der Waals surface area contributed by atoms with Gasteiger partial charge in [-0.2, -0.15) is 0 Å².